The molecule has 6 nitrogen and oxygen atoms in total. The van der Waals surface area contributed by atoms with Crippen LogP contribution in [0.2, 0.25) is 0 Å². The molecule has 0 bridgehead atoms. The molecule has 1 amide bonds. The summed E-state index contributed by atoms with van der Waals surface area (Å²) in [4.78, 5) is 15.0. The van der Waals surface area contributed by atoms with Crippen LogP contribution >= 0.6 is 15.9 Å². The van der Waals surface area contributed by atoms with Gasteiger partial charge in [-0.2, -0.15) is 0 Å². The van der Waals surface area contributed by atoms with Gasteiger partial charge in [0.15, 0.2) is 0 Å². The van der Waals surface area contributed by atoms with Crippen LogP contribution in [0.3, 0.4) is 0 Å². The van der Waals surface area contributed by atoms with Gasteiger partial charge in [0.2, 0.25) is 5.91 Å². The van der Waals surface area contributed by atoms with E-state index in [1.165, 1.54) is 18.2 Å². The van der Waals surface area contributed by atoms with Crippen LogP contribution in [0.1, 0.15) is 18.4 Å². The number of anilines is 2. The van der Waals surface area contributed by atoms with E-state index >= 15 is 0 Å². The maximum atomic E-state index is 13.9. The number of hydrogen-bond donors (Lipinski definition) is 2. The van der Waals surface area contributed by atoms with Gasteiger partial charge in [-0.05, 0) is 80.5 Å². The van der Waals surface area contributed by atoms with Crippen molar-refractivity contribution in [3.63, 3.8) is 0 Å². The summed E-state index contributed by atoms with van der Waals surface area (Å²) in [6.45, 7) is 1.96. The van der Waals surface area contributed by atoms with Crippen LogP contribution < -0.4 is 10.0 Å². The van der Waals surface area contributed by atoms with E-state index < -0.39 is 10.0 Å². The van der Waals surface area contributed by atoms with Crippen LogP contribution in [0, 0.1) is 11.7 Å². The lowest BCUT2D eigenvalue weighted by atomic mass is 9.95. The van der Waals surface area contributed by atoms with Gasteiger partial charge in [-0.3, -0.25) is 14.4 Å². The van der Waals surface area contributed by atoms with Crippen molar-refractivity contribution < 1.29 is 17.6 Å². The maximum absolute atomic E-state index is 13.9. The number of amides is 1. The first-order valence-electron chi connectivity index (χ1n) is 11.0. The Labute approximate surface area is 207 Å². The number of hydrogen-bond acceptors (Lipinski definition) is 4. The molecular formula is C25H25BrFN3O3S. The highest BCUT2D eigenvalue weighted by atomic mass is 79.9. The molecule has 0 aliphatic carbocycles. The Hall–Kier alpha value is -2.75. The second kappa shape index (κ2) is 10.7. The minimum atomic E-state index is -3.74. The number of halogens is 2. The molecule has 2 N–H and O–H groups in total. The van der Waals surface area contributed by atoms with Crippen LogP contribution in [-0.2, 0) is 21.4 Å². The summed E-state index contributed by atoms with van der Waals surface area (Å²) in [5, 5.41) is 2.88. The van der Waals surface area contributed by atoms with Gasteiger partial charge in [-0.1, -0.05) is 34.1 Å². The highest BCUT2D eigenvalue weighted by Gasteiger charge is 2.25. The summed E-state index contributed by atoms with van der Waals surface area (Å²) >= 11 is 3.32. The average molecular weight is 546 g/mol. The third kappa shape index (κ3) is 6.22. The molecule has 1 saturated heterocycles. The molecule has 178 valence electrons. The Balaban J connectivity index is 1.30. The average Bonchev–Trinajstić information content (AvgIpc) is 2.83. The smallest absolute Gasteiger partial charge is 0.261 e. The van der Waals surface area contributed by atoms with Crippen molar-refractivity contribution >= 4 is 43.2 Å². The molecule has 1 heterocycles. The molecule has 1 fully saturated rings. The largest absolute Gasteiger partial charge is 0.326 e. The standard InChI is InChI=1S/C25H25BrFN3O3S/c26-20-5-7-22(8-6-20)29-34(32,33)23-11-9-21(10-12-23)28-25(31)18-13-15-30(16-14-18)17-19-3-1-2-4-24(19)27/h1-12,18,29H,13-17H2,(H,28,31). The molecule has 4 rings (SSSR count). The van der Waals surface area contributed by atoms with E-state index in [0.29, 0.717) is 49.4 Å². The molecule has 3 aromatic rings. The van der Waals surface area contributed by atoms with Gasteiger partial charge in [0.1, 0.15) is 5.82 Å². The number of nitrogens with zero attached hydrogens (tertiary/aromatic N) is 1. The van der Waals surface area contributed by atoms with Crippen molar-refractivity contribution in [3.8, 4) is 0 Å². The fraction of sp³-hybridized carbons (Fsp3) is 0.240. The van der Waals surface area contributed by atoms with Gasteiger partial charge in [0.25, 0.3) is 10.0 Å². The topological polar surface area (TPSA) is 78.5 Å². The number of carbonyl (C=O) groups excluding carboxylic acids is 1. The van der Waals surface area contributed by atoms with Gasteiger partial charge < -0.3 is 5.32 Å². The van der Waals surface area contributed by atoms with Gasteiger partial charge in [0.05, 0.1) is 4.90 Å². The lowest BCUT2D eigenvalue weighted by Crippen LogP contribution is -2.37. The predicted molar refractivity (Wildman–Crippen MR) is 134 cm³/mol. The van der Waals surface area contributed by atoms with Gasteiger partial charge in [-0.25, -0.2) is 12.8 Å². The number of sulfonamides is 1. The van der Waals surface area contributed by atoms with Crippen LogP contribution in [-0.4, -0.2) is 32.3 Å². The molecule has 3 aromatic carbocycles. The zero-order chi connectivity index (χ0) is 24.1. The number of carbonyl (C=O) groups is 1. The number of rotatable bonds is 7. The first-order valence-corrected chi connectivity index (χ1v) is 13.2. The molecular weight excluding hydrogens is 521 g/mol. The molecule has 0 aromatic heterocycles. The third-order valence-electron chi connectivity index (χ3n) is 5.84. The van der Waals surface area contributed by atoms with E-state index in [9.17, 15) is 17.6 Å². The minimum absolute atomic E-state index is 0.0888. The van der Waals surface area contributed by atoms with Gasteiger partial charge >= 0.3 is 0 Å². The fourth-order valence-corrected chi connectivity index (χ4v) is 5.24. The summed E-state index contributed by atoms with van der Waals surface area (Å²) in [5.41, 5.74) is 1.67. The van der Waals surface area contributed by atoms with Gasteiger partial charge in [0, 0.05) is 33.9 Å². The Morgan fingerprint density at radius 2 is 1.56 bits per heavy atom. The maximum Gasteiger partial charge on any atom is 0.261 e. The first-order chi connectivity index (χ1) is 16.3. The normalized spacial score (nSPS) is 15.1. The number of benzene rings is 3. The lowest BCUT2D eigenvalue weighted by Gasteiger charge is -2.31. The minimum Gasteiger partial charge on any atom is -0.326 e. The van der Waals surface area contributed by atoms with E-state index in [-0.39, 0.29) is 22.5 Å². The van der Waals surface area contributed by atoms with E-state index in [1.54, 1.807) is 48.5 Å². The Bertz CT molecular complexity index is 1240. The van der Waals surface area contributed by atoms with E-state index in [1.807, 2.05) is 6.07 Å². The molecule has 1 aliphatic heterocycles. The summed E-state index contributed by atoms with van der Waals surface area (Å²) in [6, 6.07) is 19.7. The predicted octanol–water partition coefficient (Wildman–Crippen LogP) is 5.24. The third-order valence-corrected chi connectivity index (χ3v) is 7.76. The summed E-state index contributed by atoms with van der Waals surface area (Å²) in [5.74, 6) is -0.437. The highest BCUT2D eigenvalue weighted by Crippen LogP contribution is 2.23. The molecule has 0 spiro atoms. The molecule has 0 atom stereocenters. The number of piperidine rings is 1. The number of nitrogens with one attached hydrogen (secondary N) is 2. The van der Waals surface area contributed by atoms with Crippen LogP contribution in [0.15, 0.2) is 82.2 Å². The van der Waals surface area contributed by atoms with Crippen molar-refractivity contribution in [2.45, 2.75) is 24.3 Å². The highest BCUT2D eigenvalue weighted by molar-refractivity contribution is 9.10. The molecule has 0 unspecified atom stereocenters. The van der Waals surface area contributed by atoms with Crippen LogP contribution in [0.5, 0.6) is 0 Å². The van der Waals surface area contributed by atoms with Crippen molar-refractivity contribution in [3.05, 3.63) is 88.6 Å². The summed E-state index contributed by atoms with van der Waals surface area (Å²) < 4.78 is 42.5. The first kappa shape index (κ1) is 24.4. The number of likely N-dealkylation sites (tertiary alicyclic amines) is 1. The second-order valence-corrected chi connectivity index (χ2v) is 10.9. The van der Waals surface area contributed by atoms with Crippen LogP contribution in [0.4, 0.5) is 15.8 Å². The lowest BCUT2D eigenvalue weighted by molar-refractivity contribution is -0.121. The Morgan fingerprint density at radius 3 is 2.21 bits per heavy atom. The Morgan fingerprint density at radius 1 is 0.941 bits per heavy atom. The molecule has 34 heavy (non-hydrogen) atoms. The van der Waals surface area contributed by atoms with Crippen molar-refractivity contribution in [2.75, 3.05) is 23.1 Å². The SMILES string of the molecule is O=C(Nc1ccc(S(=O)(=O)Nc2ccc(Br)cc2)cc1)C1CCN(Cc2ccccc2F)CC1. The zero-order valence-corrected chi connectivity index (χ0v) is 20.8. The van der Waals surface area contributed by atoms with E-state index in [2.05, 4.69) is 30.9 Å². The zero-order valence-electron chi connectivity index (χ0n) is 18.4. The molecule has 0 saturated carbocycles. The van der Waals surface area contributed by atoms with E-state index in [0.717, 1.165) is 4.47 Å². The van der Waals surface area contributed by atoms with Crippen molar-refractivity contribution in [1.82, 2.24) is 4.90 Å². The monoisotopic (exact) mass is 545 g/mol. The molecule has 1 aliphatic rings. The summed E-state index contributed by atoms with van der Waals surface area (Å²) in [7, 11) is -3.74. The van der Waals surface area contributed by atoms with Crippen LogP contribution in [0.25, 0.3) is 0 Å². The molecule has 0 radical (unpaired) electrons. The summed E-state index contributed by atoms with van der Waals surface area (Å²) in [6.07, 6.45) is 1.37. The van der Waals surface area contributed by atoms with Crippen molar-refractivity contribution in [2.24, 2.45) is 5.92 Å². The van der Waals surface area contributed by atoms with Crippen molar-refractivity contribution in [1.29, 1.82) is 0 Å². The van der Waals surface area contributed by atoms with Gasteiger partial charge in [-0.15, -0.1) is 0 Å². The molecule has 9 heteroatoms. The second-order valence-electron chi connectivity index (χ2n) is 8.27. The van der Waals surface area contributed by atoms with E-state index in [4.69, 9.17) is 0 Å². The Kier molecular flexibility index (Phi) is 7.65. The quantitative estimate of drug-likeness (QED) is 0.425. The fourth-order valence-electron chi connectivity index (χ4n) is 3.91.